The van der Waals surface area contributed by atoms with Gasteiger partial charge in [0.05, 0.1) is 27.7 Å². The summed E-state index contributed by atoms with van der Waals surface area (Å²) in [5.41, 5.74) is 1.77. The van der Waals surface area contributed by atoms with Crippen molar-refractivity contribution in [1.82, 2.24) is 4.98 Å². The molecule has 0 N–H and O–H groups in total. The van der Waals surface area contributed by atoms with Gasteiger partial charge in [0.15, 0.2) is 0 Å². The average Bonchev–Trinajstić information content (AvgIpc) is 2.73. The first-order chi connectivity index (χ1) is 13.9. The minimum Gasteiger partial charge on any atom is -0.370 e. The Labute approximate surface area is 175 Å². The Kier molecular flexibility index (Phi) is 5.20. The molecule has 1 aliphatic heterocycles. The quantitative estimate of drug-likeness (QED) is 0.600. The Bertz CT molecular complexity index is 1210. The summed E-state index contributed by atoms with van der Waals surface area (Å²) >= 11 is 6.13. The van der Waals surface area contributed by atoms with Gasteiger partial charge in [-0.3, -0.25) is 4.98 Å². The molecular weight excluding hydrogens is 406 g/mol. The van der Waals surface area contributed by atoms with E-state index in [1.165, 1.54) is 30.5 Å². The van der Waals surface area contributed by atoms with E-state index >= 15 is 0 Å². The van der Waals surface area contributed by atoms with E-state index < -0.39 is 9.84 Å². The van der Waals surface area contributed by atoms with E-state index in [1.807, 2.05) is 12.1 Å². The van der Waals surface area contributed by atoms with Crippen molar-refractivity contribution in [2.24, 2.45) is 5.92 Å². The third-order valence-electron chi connectivity index (χ3n) is 5.45. The number of hydrogen-bond acceptors (Lipinski definition) is 5. The number of pyridine rings is 1. The van der Waals surface area contributed by atoms with E-state index in [2.05, 4.69) is 16.8 Å². The van der Waals surface area contributed by atoms with Crippen LogP contribution in [0.4, 0.5) is 5.69 Å². The highest BCUT2D eigenvalue weighted by Gasteiger charge is 2.28. The molecule has 29 heavy (non-hydrogen) atoms. The summed E-state index contributed by atoms with van der Waals surface area (Å²) in [5.74, 6) is 0.618. The Morgan fingerprint density at radius 3 is 2.48 bits per heavy atom. The zero-order valence-electron chi connectivity index (χ0n) is 16.0. The first-order valence-corrected chi connectivity index (χ1v) is 11.3. The number of halogens is 1. The first kappa shape index (κ1) is 19.7. The maximum atomic E-state index is 13.5. The summed E-state index contributed by atoms with van der Waals surface area (Å²) in [6.45, 7) is 3.80. The molecule has 0 radical (unpaired) electrons. The molecule has 4 rings (SSSR count). The van der Waals surface area contributed by atoms with Gasteiger partial charge in [0.25, 0.3) is 0 Å². The Hall–Kier alpha value is -2.62. The lowest BCUT2D eigenvalue weighted by molar-refractivity contribution is 0.437. The van der Waals surface area contributed by atoms with Crippen molar-refractivity contribution in [3.63, 3.8) is 0 Å². The van der Waals surface area contributed by atoms with Crippen LogP contribution in [0.5, 0.6) is 0 Å². The summed E-state index contributed by atoms with van der Waals surface area (Å²) in [7, 11) is -3.81. The predicted molar refractivity (Wildman–Crippen MR) is 114 cm³/mol. The second-order valence-electron chi connectivity index (χ2n) is 7.44. The molecule has 0 amide bonds. The van der Waals surface area contributed by atoms with Crippen LogP contribution in [0.3, 0.4) is 0 Å². The molecule has 0 aliphatic carbocycles. The fourth-order valence-corrected chi connectivity index (χ4v) is 5.32. The average molecular weight is 426 g/mol. The van der Waals surface area contributed by atoms with Crippen LogP contribution in [0.25, 0.3) is 10.9 Å². The van der Waals surface area contributed by atoms with Gasteiger partial charge in [0, 0.05) is 29.7 Å². The first-order valence-electron chi connectivity index (χ1n) is 9.48. The maximum absolute atomic E-state index is 13.5. The monoisotopic (exact) mass is 425 g/mol. The number of piperidine rings is 1. The van der Waals surface area contributed by atoms with Gasteiger partial charge in [-0.05, 0) is 61.2 Å². The van der Waals surface area contributed by atoms with E-state index in [0.717, 1.165) is 31.3 Å². The molecule has 2 heterocycles. The predicted octanol–water partition coefficient (Wildman–Crippen LogP) is 4.83. The molecule has 148 valence electrons. The molecule has 1 aliphatic rings. The van der Waals surface area contributed by atoms with Crippen molar-refractivity contribution in [1.29, 1.82) is 5.26 Å². The molecular formula is C22H20ClN3O2S. The van der Waals surface area contributed by atoms with Gasteiger partial charge >= 0.3 is 0 Å². The van der Waals surface area contributed by atoms with Crippen LogP contribution in [0.2, 0.25) is 5.02 Å². The second-order valence-corrected chi connectivity index (χ2v) is 9.80. The lowest BCUT2D eigenvalue weighted by Gasteiger charge is -2.34. The molecule has 1 saturated heterocycles. The van der Waals surface area contributed by atoms with Gasteiger partial charge in [-0.25, -0.2) is 8.42 Å². The minimum absolute atomic E-state index is 0.151. The van der Waals surface area contributed by atoms with Gasteiger partial charge in [-0.2, -0.15) is 5.26 Å². The molecule has 0 saturated carbocycles. The van der Waals surface area contributed by atoms with Crippen LogP contribution in [0.1, 0.15) is 25.3 Å². The molecule has 7 heteroatoms. The van der Waals surface area contributed by atoms with E-state index in [0.29, 0.717) is 27.7 Å². The Morgan fingerprint density at radius 2 is 1.83 bits per heavy atom. The second kappa shape index (κ2) is 7.66. The van der Waals surface area contributed by atoms with Crippen molar-refractivity contribution in [2.45, 2.75) is 29.6 Å². The van der Waals surface area contributed by atoms with Crippen molar-refractivity contribution in [3.05, 3.63) is 59.2 Å². The normalized spacial score (nSPS) is 15.4. The molecule has 3 aromatic rings. The Morgan fingerprint density at radius 1 is 1.14 bits per heavy atom. The zero-order chi connectivity index (χ0) is 20.6. The van der Waals surface area contributed by atoms with Crippen LogP contribution in [0.15, 0.2) is 58.5 Å². The summed E-state index contributed by atoms with van der Waals surface area (Å²) in [4.78, 5) is 6.88. The van der Waals surface area contributed by atoms with Gasteiger partial charge in [0.2, 0.25) is 9.84 Å². The third kappa shape index (κ3) is 3.68. The molecule has 1 fully saturated rings. The van der Waals surface area contributed by atoms with Crippen molar-refractivity contribution >= 4 is 38.0 Å². The number of aromatic nitrogens is 1. The molecule has 0 unspecified atom stereocenters. The Balaban J connectivity index is 1.92. The number of sulfone groups is 1. The highest BCUT2D eigenvalue weighted by atomic mass is 35.5. The number of benzene rings is 2. The summed E-state index contributed by atoms with van der Waals surface area (Å²) in [6.07, 6.45) is 3.45. The molecule has 0 bridgehead atoms. The largest absolute Gasteiger partial charge is 0.370 e. The highest BCUT2D eigenvalue weighted by Crippen LogP contribution is 2.38. The van der Waals surface area contributed by atoms with Crippen LogP contribution in [-0.4, -0.2) is 26.5 Å². The SMILES string of the molecule is CC1CCN(c2c(S(=O)(=O)c3ccc(C#N)cc3)cnc3cc(Cl)ccc23)CC1. The van der Waals surface area contributed by atoms with Crippen LogP contribution in [0, 0.1) is 17.2 Å². The van der Waals surface area contributed by atoms with E-state index in [9.17, 15) is 8.42 Å². The lowest BCUT2D eigenvalue weighted by Crippen LogP contribution is -2.34. The van der Waals surface area contributed by atoms with Gasteiger partial charge in [-0.1, -0.05) is 18.5 Å². The highest BCUT2D eigenvalue weighted by molar-refractivity contribution is 7.91. The van der Waals surface area contributed by atoms with Crippen molar-refractivity contribution in [3.8, 4) is 6.07 Å². The fraction of sp³-hybridized carbons (Fsp3) is 0.273. The molecule has 5 nitrogen and oxygen atoms in total. The lowest BCUT2D eigenvalue weighted by atomic mass is 9.98. The molecule has 0 spiro atoms. The van der Waals surface area contributed by atoms with Crippen molar-refractivity contribution in [2.75, 3.05) is 18.0 Å². The van der Waals surface area contributed by atoms with Gasteiger partial charge in [0.1, 0.15) is 4.90 Å². The molecule has 1 aromatic heterocycles. The number of anilines is 1. The number of rotatable bonds is 3. The number of nitrogens with zero attached hydrogens (tertiary/aromatic N) is 3. The third-order valence-corrected chi connectivity index (χ3v) is 7.46. The van der Waals surface area contributed by atoms with E-state index in [4.69, 9.17) is 16.9 Å². The number of hydrogen-bond donors (Lipinski definition) is 0. The van der Waals surface area contributed by atoms with Crippen LogP contribution < -0.4 is 4.90 Å². The standard InChI is InChI=1S/C22H20ClN3O2S/c1-15-8-10-26(11-9-15)22-19-7-4-17(23)12-20(19)25-14-21(22)29(27,28)18-5-2-16(13-24)3-6-18/h2-7,12,14-15H,8-11H2,1H3. The number of fused-ring (bicyclic) bond motifs is 1. The van der Waals surface area contributed by atoms with Crippen molar-refractivity contribution < 1.29 is 8.42 Å². The van der Waals surface area contributed by atoms with Gasteiger partial charge in [-0.15, -0.1) is 0 Å². The summed E-state index contributed by atoms with van der Waals surface area (Å²) in [5, 5.41) is 10.3. The van der Waals surface area contributed by atoms with Gasteiger partial charge < -0.3 is 4.90 Å². The smallest absolute Gasteiger partial charge is 0.210 e. The summed E-state index contributed by atoms with van der Waals surface area (Å²) < 4.78 is 27.0. The van der Waals surface area contributed by atoms with Crippen LogP contribution >= 0.6 is 11.6 Å². The van der Waals surface area contributed by atoms with E-state index in [1.54, 1.807) is 12.1 Å². The number of nitriles is 1. The van der Waals surface area contributed by atoms with E-state index in [-0.39, 0.29) is 9.79 Å². The zero-order valence-corrected chi connectivity index (χ0v) is 17.5. The summed E-state index contributed by atoms with van der Waals surface area (Å²) in [6, 6.07) is 13.4. The molecule has 0 atom stereocenters. The van der Waals surface area contributed by atoms with Crippen LogP contribution in [-0.2, 0) is 9.84 Å². The maximum Gasteiger partial charge on any atom is 0.210 e. The topological polar surface area (TPSA) is 74.1 Å². The fourth-order valence-electron chi connectivity index (χ4n) is 3.72. The minimum atomic E-state index is -3.81. The molecule has 2 aromatic carbocycles.